The molecular weight excluding hydrogens is 356 g/mol. The van der Waals surface area contributed by atoms with Crippen LogP contribution in [0, 0.1) is 13.8 Å². The molecule has 128 valence electrons. The molecule has 0 saturated heterocycles. The molecule has 0 spiro atoms. The number of halogens is 1. The number of ether oxygens (including phenoxy) is 1. The van der Waals surface area contributed by atoms with Crippen LogP contribution in [0.25, 0.3) is 10.6 Å². The molecule has 0 radical (unpaired) electrons. The number of nitrogens with zero attached hydrogens (tertiary/aromatic N) is 1. The van der Waals surface area contributed by atoms with Crippen LogP contribution in [0.5, 0.6) is 5.75 Å². The molecule has 1 heterocycles. The van der Waals surface area contributed by atoms with Gasteiger partial charge in [-0.3, -0.25) is 4.79 Å². The van der Waals surface area contributed by atoms with Gasteiger partial charge in [-0.05, 0) is 37.6 Å². The van der Waals surface area contributed by atoms with Gasteiger partial charge >= 0.3 is 0 Å². The third-order valence-electron chi connectivity index (χ3n) is 3.74. The van der Waals surface area contributed by atoms with Crippen molar-refractivity contribution in [3.8, 4) is 16.3 Å². The molecule has 0 bridgehead atoms. The molecular formula is C19H17ClN2O2S. The second kappa shape index (κ2) is 7.25. The smallest absolute Gasteiger partial charge is 0.255 e. The van der Waals surface area contributed by atoms with Gasteiger partial charge in [-0.1, -0.05) is 23.7 Å². The van der Waals surface area contributed by atoms with E-state index in [1.807, 2.05) is 31.4 Å². The van der Waals surface area contributed by atoms with E-state index in [-0.39, 0.29) is 5.91 Å². The van der Waals surface area contributed by atoms with E-state index in [9.17, 15) is 4.79 Å². The van der Waals surface area contributed by atoms with Crippen LogP contribution < -0.4 is 10.1 Å². The highest BCUT2D eigenvalue weighted by Gasteiger charge is 2.12. The molecule has 0 aliphatic heterocycles. The van der Waals surface area contributed by atoms with Crippen LogP contribution in [0.2, 0.25) is 5.02 Å². The Morgan fingerprint density at radius 2 is 1.92 bits per heavy atom. The van der Waals surface area contributed by atoms with Gasteiger partial charge in [-0.2, -0.15) is 0 Å². The van der Waals surface area contributed by atoms with E-state index in [0.29, 0.717) is 22.0 Å². The summed E-state index contributed by atoms with van der Waals surface area (Å²) in [5.41, 5.74) is 4.01. The minimum Gasteiger partial charge on any atom is -0.495 e. The SMILES string of the molecule is COc1cc(Cl)c(C)cc1NC(=O)c1ccc(-c2nc(C)cs2)cc1. The molecule has 1 N–H and O–H groups in total. The van der Waals surface area contributed by atoms with E-state index in [4.69, 9.17) is 16.3 Å². The van der Waals surface area contributed by atoms with Gasteiger partial charge in [0.25, 0.3) is 5.91 Å². The second-order valence-electron chi connectivity index (χ2n) is 5.63. The molecule has 0 saturated carbocycles. The molecule has 25 heavy (non-hydrogen) atoms. The quantitative estimate of drug-likeness (QED) is 0.672. The zero-order valence-corrected chi connectivity index (χ0v) is 15.7. The summed E-state index contributed by atoms with van der Waals surface area (Å²) in [5, 5.41) is 6.42. The first-order valence-electron chi connectivity index (χ1n) is 7.66. The summed E-state index contributed by atoms with van der Waals surface area (Å²) in [6, 6.07) is 10.9. The number of anilines is 1. The molecule has 0 fully saturated rings. The van der Waals surface area contributed by atoms with Gasteiger partial charge in [0.15, 0.2) is 0 Å². The molecule has 2 aromatic carbocycles. The summed E-state index contributed by atoms with van der Waals surface area (Å²) in [5.74, 6) is 0.320. The standard InChI is InChI=1S/C19H17ClN2O2S/c1-11-8-16(17(24-3)9-15(11)20)22-18(23)13-4-6-14(7-5-13)19-21-12(2)10-25-19/h4-10H,1-3H3,(H,22,23). The minimum atomic E-state index is -0.207. The van der Waals surface area contributed by atoms with Crippen molar-refractivity contribution in [2.75, 3.05) is 12.4 Å². The average molecular weight is 373 g/mol. The predicted molar refractivity (Wildman–Crippen MR) is 103 cm³/mol. The number of methoxy groups -OCH3 is 1. The van der Waals surface area contributed by atoms with E-state index < -0.39 is 0 Å². The number of hydrogen-bond acceptors (Lipinski definition) is 4. The zero-order chi connectivity index (χ0) is 18.0. The van der Waals surface area contributed by atoms with Crippen LogP contribution in [0.3, 0.4) is 0 Å². The van der Waals surface area contributed by atoms with Crippen LogP contribution >= 0.6 is 22.9 Å². The number of amides is 1. The van der Waals surface area contributed by atoms with E-state index in [0.717, 1.165) is 21.8 Å². The first-order valence-corrected chi connectivity index (χ1v) is 8.91. The molecule has 4 nitrogen and oxygen atoms in total. The van der Waals surface area contributed by atoms with Crippen molar-refractivity contribution in [3.63, 3.8) is 0 Å². The van der Waals surface area contributed by atoms with E-state index >= 15 is 0 Å². The number of hydrogen-bond donors (Lipinski definition) is 1. The lowest BCUT2D eigenvalue weighted by Crippen LogP contribution is -2.12. The molecule has 0 unspecified atom stereocenters. The normalized spacial score (nSPS) is 10.6. The first-order chi connectivity index (χ1) is 12.0. The van der Waals surface area contributed by atoms with Crippen molar-refractivity contribution in [2.45, 2.75) is 13.8 Å². The Morgan fingerprint density at radius 3 is 2.52 bits per heavy atom. The summed E-state index contributed by atoms with van der Waals surface area (Å²) in [6.45, 7) is 3.84. The highest BCUT2D eigenvalue weighted by molar-refractivity contribution is 7.13. The zero-order valence-electron chi connectivity index (χ0n) is 14.1. The molecule has 0 aliphatic carbocycles. The Balaban J connectivity index is 1.81. The van der Waals surface area contributed by atoms with Crippen LogP contribution in [0.1, 0.15) is 21.6 Å². The fourth-order valence-corrected chi connectivity index (χ4v) is 3.33. The molecule has 0 aliphatic rings. The van der Waals surface area contributed by atoms with Gasteiger partial charge in [0.05, 0.1) is 12.8 Å². The summed E-state index contributed by atoms with van der Waals surface area (Å²) < 4.78 is 5.29. The number of carbonyl (C=O) groups excluding carboxylic acids is 1. The van der Waals surface area contributed by atoms with Crippen LogP contribution in [-0.4, -0.2) is 18.0 Å². The van der Waals surface area contributed by atoms with Gasteiger partial charge in [-0.25, -0.2) is 4.98 Å². The largest absolute Gasteiger partial charge is 0.495 e. The number of benzene rings is 2. The lowest BCUT2D eigenvalue weighted by Gasteiger charge is -2.12. The Morgan fingerprint density at radius 1 is 1.20 bits per heavy atom. The maximum atomic E-state index is 12.5. The number of carbonyl (C=O) groups is 1. The van der Waals surface area contributed by atoms with Crippen molar-refractivity contribution in [1.29, 1.82) is 0 Å². The lowest BCUT2D eigenvalue weighted by molar-refractivity contribution is 0.102. The first kappa shape index (κ1) is 17.5. The lowest BCUT2D eigenvalue weighted by atomic mass is 10.1. The monoisotopic (exact) mass is 372 g/mol. The number of aromatic nitrogens is 1. The fourth-order valence-electron chi connectivity index (χ4n) is 2.38. The highest BCUT2D eigenvalue weighted by atomic mass is 35.5. The summed E-state index contributed by atoms with van der Waals surface area (Å²) in [6.07, 6.45) is 0. The summed E-state index contributed by atoms with van der Waals surface area (Å²) >= 11 is 7.68. The highest BCUT2D eigenvalue weighted by Crippen LogP contribution is 2.31. The second-order valence-corrected chi connectivity index (χ2v) is 6.89. The van der Waals surface area contributed by atoms with Gasteiger partial charge < -0.3 is 10.1 Å². The molecule has 1 amide bonds. The Kier molecular flexibility index (Phi) is 5.06. The van der Waals surface area contributed by atoms with Crippen molar-refractivity contribution in [3.05, 3.63) is 63.6 Å². The molecule has 3 aromatic rings. The topological polar surface area (TPSA) is 51.2 Å². The van der Waals surface area contributed by atoms with Gasteiger partial charge in [0, 0.05) is 33.3 Å². The van der Waals surface area contributed by atoms with Gasteiger partial charge in [-0.15, -0.1) is 11.3 Å². The van der Waals surface area contributed by atoms with Crippen molar-refractivity contribution < 1.29 is 9.53 Å². The minimum absolute atomic E-state index is 0.207. The summed E-state index contributed by atoms with van der Waals surface area (Å²) in [4.78, 5) is 17.0. The third kappa shape index (κ3) is 3.83. The maximum absolute atomic E-state index is 12.5. The van der Waals surface area contributed by atoms with E-state index in [1.165, 1.54) is 0 Å². The average Bonchev–Trinajstić information content (AvgIpc) is 3.04. The molecule has 1 aromatic heterocycles. The van der Waals surface area contributed by atoms with Crippen LogP contribution in [0.15, 0.2) is 41.8 Å². The summed E-state index contributed by atoms with van der Waals surface area (Å²) in [7, 11) is 1.54. The Bertz CT molecular complexity index is 920. The Labute approximate surface area is 155 Å². The van der Waals surface area contributed by atoms with Gasteiger partial charge in [0.1, 0.15) is 10.8 Å². The van der Waals surface area contributed by atoms with Crippen molar-refractivity contribution in [2.24, 2.45) is 0 Å². The number of nitrogens with one attached hydrogen (secondary N) is 1. The molecule has 6 heteroatoms. The van der Waals surface area contributed by atoms with Crippen LogP contribution in [0.4, 0.5) is 5.69 Å². The molecule has 0 atom stereocenters. The third-order valence-corrected chi connectivity index (χ3v) is 5.16. The number of rotatable bonds is 4. The maximum Gasteiger partial charge on any atom is 0.255 e. The number of thiazole rings is 1. The fraction of sp³-hybridized carbons (Fsp3) is 0.158. The Hall–Kier alpha value is -2.37. The molecule has 3 rings (SSSR count). The van der Waals surface area contributed by atoms with Crippen molar-refractivity contribution >= 4 is 34.5 Å². The van der Waals surface area contributed by atoms with E-state index in [1.54, 1.807) is 42.7 Å². The van der Waals surface area contributed by atoms with E-state index in [2.05, 4.69) is 10.3 Å². The van der Waals surface area contributed by atoms with Crippen LogP contribution in [-0.2, 0) is 0 Å². The number of aryl methyl sites for hydroxylation is 2. The predicted octanol–water partition coefficient (Wildman–Crippen LogP) is 5.34. The van der Waals surface area contributed by atoms with Crippen molar-refractivity contribution in [1.82, 2.24) is 4.98 Å². The van der Waals surface area contributed by atoms with Gasteiger partial charge in [0.2, 0.25) is 0 Å².